The Morgan fingerprint density at radius 3 is 2.52 bits per heavy atom. The summed E-state index contributed by atoms with van der Waals surface area (Å²) in [6, 6.07) is 21.5. The van der Waals surface area contributed by atoms with Gasteiger partial charge in [-0.05, 0) is 47.3 Å². The molecule has 3 nitrogen and oxygen atoms in total. The molecule has 0 spiro atoms. The standard InChI is InChI=1S/C21H16BrNO2/c1-13(20-12-14-6-2-5-9-19(14)23-20)25-21(24)17-10-11-18(22)16-8-4-3-7-15(16)17/h2-13,23H,1H3. The van der Waals surface area contributed by atoms with Gasteiger partial charge in [0.2, 0.25) is 0 Å². The molecule has 0 saturated heterocycles. The van der Waals surface area contributed by atoms with Crippen LogP contribution in [0.1, 0.15) is 29.1 Å². The Balaban J connectivity index is 1.64. The van der Waals surface area contributed by atoms with E-state index >= 15 is 0 Å². The maximum absolute atomic E-state index is 12.7. The fourth-order valence-corrected chi connectivity index (χ4v) is 3.52. The van der Waals surface area contributed by atoms with Crippen molar-refractivity contribution in [2.75, 3.05) is 0 Å². The summed E-state index contributed by atoms with van der Waals surface area (Å²) in [5.74, 6) is -0.324. The Kier molecular flexibility index (Phi) is 4.06. The van der Waals surface area contributed by atoms with Gasteiger partial charge < -0.3 is 9.72 Å². The predicted molar refractivity (Wildman–Crippen MR) is 104 cm³/mol. The van der Waals surface area contributed by atoms with Crippen molar-refractivity contribution in [2.45, 2.75) is 13.0 Å². The van der Waals surface area contributed by atoms with Crippen molar-refractivity contribution < 1.29 is 9.53 Å². The van der Waals surface area contributed by atoms with Crippen molar-refractivity contribution in [3.8, 4) is 0 Å². The van der Waals surface area contributed by atoms with E-state index in [1.165, 1.54) is 0 Å². The van der Waals surface area contributed by atoms with Crippen LogP contribution in [-0.4, -0.2) is 11.0 Å². The van der Waals surface area contributed by atoms with Gasteiger partial charge in [0.1, 0.15) is 6.10 Å². The van der Waals surface area contributed by atoms with Crippen molar-refractivity contribution in [3.05, 3.63) is 82.5 Å². The van der Waals surface area contributed by atoms with E-state index in [1.54, 1.807) is 6.07 Å². The van der Waals surface area contributed by atoms with Crippen molar-refractivity contribution in [2.24, 2.45) is 0 Å². The summed E-state index contributed by atoms with van der Waals surface area (Å²) in [6.45, 7) is 1.88. The zero-order valence-corrected chi connectivity index (χ0v) is 15.2. The van der Waals surface area contributed by atoms with Crippen LogP contribution in [-0.2, 0) is 4.74 Å². The molecule has 124 valence electrons. The summed E-state index contributed by atoms with van der Waals surface area (Å²) in [5.41, 5.74) is 2.49. The molecule has 1 aromatic heterocycles. The lowest BCUT2D eigenvalue weighted by atomic mass is 10.0. The number of hydrogen-bond acceptors (Lipinski definition) is 2. The lowest BCUT2D eigenvalue weighted by Crippen LogP contribution is -2.10. The van der Waals surface area contributed by atoms with Gasteiger partial charge in [-0.3, -0.25) is 0 Å². The molecule has 3 aromatic carbocycles. The van der Waals surface area contributed by atoms with E-state index < -0.39 is 0 Å². The van der Waals surface area contributed by atoms with Gasteiger partial charge in [0.15, 0.2) is 0 Å². The molecule has 4 aromatic rings. The number of fused-ring (bicyclic) bond motifs is 2. The van der Waals surface area contributed by atoms with E-state index in [0.717, 1.165) is 31.8 Å². The molecule has 0 fully saturated rings. The summed E-state index contributed by atoms with van der Waals surface area (Å²) in [5, 5.41) is 2.98. The summed E-state index contributed by atoms with van der Waals surface area (Å²) >= 11 is 3.53. The second kappa shape index (κ2) is 6.37. The van der Waals surface area contributed by atoms with Gasteiger partial charge in [-0.1, -0.05) is 58.4 Å². The van der Waals surface area contributed by atoms with Crippen LogP contribution in [0.15, 0.2) is 71.2 Å². The number of rotatable bonds is 3. The van der Waals surface area contributed by atoms with Crippen LogP contribution in [0, 0.1) is 0 Å². The highest BCUT2D eigenvalue weighted by Crippen LogP contribution is 2.29. The van der Waals surface area contributed by atoms with Crippen LogP contribution in [0.5, 0.6) is 0 Å². The number of ether oxygens (including phenoxy) is 1. The third kappa shape index (κ3) is 2.94. The SMILES string of the molecule is CC(OC(=O)c1ccc(Br)c2ccccc12)c1cc2ccccc2[nH]1. The number of nitrogens with one attached hydrogen (secondary N) is 1. The average Bonchev–Trinajstić information content (AvgIpc) is 3.06. The van der Waals surface area contributed by atoms with E-state index in [0.29, 0.717) is 5.56 Å². The van der Waals surface area contributed by atoms with Crippen LogP contribution < -0.4 is 0 Å². The molecule has 0 aliphatic carbocycles. The zero-order chi connectivity index (χ0) is 17.4. The van der Waals surface area contributed by atoms with Crippen LogP contribution in [0.3, 0.4) is 0 Å². The van der Waals surface area contributed by atoms with Crippen LogP contribution in [0.4, 0.5) is 0 Å². The Morgan fingerprint density at radius 2 is 1.72 bits per heavy atom. The fraction of sp³-hybridized carbons (Fsp3) is 0.0952. The summed E-state index contributed by atoms with van der Waals surface area (Å²) in [4.78, 5) is 16.0. The molecule has 0 saturated carbocycles. The Bertz CT molecular complexity index is 1050. The number of esters is 1. The second-order valence-electron chi connectivity index (χ2n) is 6.00. The molecule has 1 heterocycles. The lowest BCUT2D eigenvalue weighted by molar-refractivity contribution is 0.0333. The number of benzene rings is 3. The highest BCUT2D eigenvalue weighted by Gasteiger charge is 2.18. The number of H-pyrrole nitrogens is 1. The first-order valence-corrected chi connectivity index (χ1v) is 8.88. The quantitative estimate of drug-likeness (QED) is 0.433. The minimum atomic E-state index is -0.359. The molecular weight excluding hydrogens is 378 g/mol. The first-order valence-electron chi connectivity index (χ1n) is 8.09. The van der Waals surface area contributed by atoms with Crippen LogP contribution in [0.25, 0.3) is 21.7 Å². The van der Waals surface area contributed by atoms with Gasteiger partial charge in [0, 0.05) is 9.99 Å². The first-order chi connectivity index (χ1) is 12.1. The molecule has 1 atom stereocenters. The van der Waals surface area contributed by atoms with E-state index in [9.17, 15) is 4.79 Å². The van der Waals surface area contributed by atoms with Crippen LogP contribution >= 0.6 is 15.9 Å². The number of carbonyl (C=O) groups excluding carboxylic acids is 1. The maximum atomic E-state index is 12.7. The fourth-order valence-electron chi connectivity index (χ4n) is 3.04. The predicted octanol–water partition coefficient (Wildman–Crippen LogP) is 6.00. The number of para-hydroxylation sites is 1. The molecular formula is C21H16BrNO2. The number of carbonyl (C=O) groups is 1. The third-order valence-electron chi connectivity index (χ3n) is 4.36. The van der Waals surface area contributed by atoms with Crippen molar-refractivity contribution in [3.63, 3.8) is 0 Å². The molecule has 4 heteroatoms. The van der Waals surface area contributed by atoms with Crippen LogP contribution in [0.2, 0.25) is 0 Å². The summed E-state index contributed by atoms with van der Waals surface area (Å²) in [7, 11) is 0. The summed E-state index contributed by atoms with van der Waals surface area (Å²) in [6.07, 6.45) is -0.359. The molecule has 0 aliphatic rings. The van der Waals surface area contributed by atoms with Gasteiger partial charge in [0.25, 0.3) is 0 Å². The van der Waals surface area contributed by atoms with E-state index in [1.807, 2.05) is 67.6 Å². The monoisotopic (exact) mass is 393 g/mol. The zero-order valence-electron chi connectivity index (χ0n) is 13.6. The van der Waals surface area contributed by atoms with Gasteiger partial charge in [0.05, 0.1) is 11.3 Å². The highest BCUT2D eigenvalue weighted by atomic mass is 79.9. The van der Waals surface area contributed by atoms with Crippen molar-refractivity contribution in [1.29, 1.82) is 0 Å². The normalized spacial score (nSPS) is 12.4. The molecule has 0 amide bonds. The number of halogens is 1. The minimum Gasteiger partial charge on any atom is -0.453 e. The number of hydrogen-bond donors (Lipinski definition) is 1. The molecule has 0 bridgehead atoms. The smallest absolute Gasteiger partial charge is 0.339 e. The number of aromatic nitrogens is 1. The molecule has 4 rings (SSSR count). The molecule has 0 aliphatic heterocycles. The Hall–Kier alpha value is -2.59. The lowest BCUT2D eigenvalue weighted by Gasteiger charge is -2.13. The van der Waals surface area contributed by atoms with E-state index in [-0.39, 0.29) is 12.1 Å². The highest BCUT2D eigenvalue weighted by molar-refractivity contribution is 9.10. The van der Waals surface area contributed by atoms with Crippen molar-refractivity contribution in [1.82, 2.24) is 4.98 Å². The van der Waals surface area contributed by atoms with E-state index in [4.69, 9.17) is 4.74 Å². The second-order valence-corrected chi connectivity index (χ2v) is 6.85. The minimum absolute atomic E-state index is 0.324. The topological polar surface area (TPSA) is 42.1 Å². The van der Waals surface area contributed by atoms with Gasteiger partial charge in [-0.25, -0.2) is 4.79 Å². The van der Waals surface area contributed by atoms with E-state index in [2.05, 4.69) is 20.9 Å². The van der Waals surface area contributed by atoms with Crippen molar-refractivity contribution >= 4 is 43.6 Å². The number of aromatic amines is 1. The van der Waals surface area contributed by atoms with Gasteiger partial charge >= 0.3 is 5.97 Å². The summed E-state index contributed by atoms with van der Waals surface area (Å²) < 4.78 is 6.68. The first kappa shape index (κ1) is 15.9. The molecule has 1 N–H and O–H groups in total. The Labute approximate surface area is 153 Å². The average molecular weight is 394 g/mol. The third-order valence-corrected chi connectivity index (χ3v) is 5.05. The van der Waals surface area contributed by atoms with Gasteiger partial charge in [-0.2, -0.15) is 0 Å². The largest absolute Gasteiger partial charge is 0.453 e. The molecule has 25 heavy (non-hydrogen) atoms. The Morgan fingerprint density at radius 1 is 1.00 bits per heavy atom. The maximum Gasteiger partial charge on any atom is 0.339 e. The van der Waals surface area contributed by atoms with Gasteiger partial charge in [-0.15, -0.1) is 0 Å². The molecule has 1 unspecified atom stereocenters. The molecule has 0 radical (unpaired) electrons.